The van der Waals surface area contributed by atoms with E-state index in [1.807, 2.05) is 18.2 Å². The average molecular weight is 257 g/mol. The fourth-order valence-electron chi connectivity index (χ4n) is 2.71. The maximum atomic E-state index is 5.55. The Bertz CT molecular complexity index is 416. The van der Waals surface area contributed by atoms with Crippen molar-refractivity contribution in [3.63, 3.8) is 0 Å². The monoisotopic (exact) mass is 257 g/mol. The molecule has 1 N–H and O–H groups in total. The first-order chi connectivity index (χ1) is 9.40. The molecule has 0 bridgehead atoms. The van der Waals surface area contributed by atoms with Gasteiger partial charge in [0.05, 0.1) is 0 Å². The number of hydrogen-bond donors (Lipinski definition) is 1. The van der Waals surface area contributed by atoms with Gasteiger partial charge in [0.25, 0.3) is 0 Å². The van der Waals surface area contributed by atoms with Gasteiger partial charge in [-0.15, -0.1) is 6.42 Å². The van der Waals surface area contributed by atoms with E-state index in [1.54, 1.807) is 0 Å². The van der Waals surface area contributed by atoms with Crippen LogP contribution in [0.1, 0.15) is 37.7 Å². The Morgan fingerprint density at radius 2 is 2.00 bits per heavy atom. The molecule has 0 saturated heterocycles. The number of hydrogen-bond acceptors (Lipinski definition) is 2. The summed E-state index contributed by atoms with van der Waals surface area (Å²) in [5.41, 5.74) is 1.19. The molecule has 0 amide bonds. The molecule has 0 heterocycles. The first-order valence-electron chi connectivity index (χ1n) is 7.25. The predicted octanol–water partition coefficient (Wildman–Crippen LogP) is 3.37. The van der Waals surface area contributed by atoms with E-state index in [1.165, 1.54) is 37.7 Å². The van der Waals surface area contributed by atoms with E-state index in [9.17, 15) is 0 Å². The van der Waals surface area contributed by atoms with Crippen molar-refractivity contribution in [3.8, 4) is 18.1 Å². The molecule has 2 heteroatoms. The molecule has 1 aromatic rings. The summed E-state index contributed by atoms with van der Waals surface area (Å²) in [6.07, 6.45) is 12.2. The molecule has 1 saturated carbocycles. The van der Waals surface area contributed by atoms with Crippen LogP contribution in [0.15, 0.2) is 24.3 Å². The van der Waals surface area contributed by atoms with Gasteiger partial charge >= 0.3 is 0 Å². The number of rotatable bonds is 6. The molecule has 0 aromatic heterocycles. The van der Waals surface area contributed by atoms with Crippen LogP contribution >= 0.6 is 0 Å². The summed E-state index contributed by atoms with van der Waals surface area (Å²) in [7, 11) is 0. The van der Waals surface area contributed by atoms with Crippen molar-refractivity contribution in [1.29, 1.82) is 0 Å². The quantitative estimate of drug-likeness (QED) is 0.789. The van der Waals surface area contributed by atoms with Crippen molar-refractivity contribution < 1.29 is 4.74 Å². The normalized spacial score (nSPS) is 15.9. The van der Waals surface area contributed by atoms with E-state index < -0.39 is 0 Å². The van der Waals surface area contributed by atoms with Crippen LogP contribution in [0.3, 0.4) is 0 Å². The van der Waals surface area contributed by atoms with Gasteiger partial charge in [-0.2, -0.15) is 0 Å². The fourth-order valence-corrected chi connectivity index (χ4v) is 2.71. The molecule has 0 atom stereocenters. The smallest absolute Gasteiger partial charge is 0.148 e. The highest BCUT2D eigenvalue weighted by molar-refractivity contribution is 5.33. The minimum Gasteiger partial charge on any atom is -0.481 e. The van der Waals surface area contributed by atoms with E-state index in [0.29, 0.717) is 6.61 Å². The van der Waals surface area contributed by atoms with Gasteiger partial charge < -0.3 is 10.1 Å². The largest absolute Gasteiger partial charge is 0.481 e. The van der Waals surface area contributed by atoms with Gasteiger partial charge in [-0.25, -0.2) is 0 Å². The number of nitrogens with one attached hydrogen (secondary N) is 1. The highest BCUT2D eigenvalue weighted by atomic mass is 16.5. The number of terminal acetylenes is 1. The van der Waals surface area contributed by atoms with E-state index in [4.69, 9.17) is 11.2 Å². The zero-order valence-electron chi connectivity index (χ0n) is 11.5. The van der Waals surface area contributed by atoms with Crippen molar-refractivity contribution in [1.82, 2.24) is 5.32 Å². The number of para-hydroxylation sites is 1. The SMILES string of the molecule is C#CCOc1ccccc1CNCC1CCCCC1. The Morgan fingerprint density at radius 1 is 1.21 bits per heavy atom. The lowest BCUT2D eigenvalue weighted by molar-refractivity contribution is 0.338. The Labute approximate surface area is 116 Å². The van der Waals surface area contributed by atoms with E-state index >= 15 is 0 Å². The number of ether oxygens (including phenoxy) is 1. The standard InChI is InChI=1S/C17H23NO/c1-2-12-19-17-11-7-6-10-16(17)14-18-13-15-8-4-3-5-9-15/h1,6-7,10-11,15,18H,3-5,8-9,12-14H2. The van der Waals surface area contributed by atoms with Crippen LogP contribution in [0.2, 0.25) is 0 Å². The number of benzene rings is 1. The molecule has 1 aromatic carbocycles. The Kier molecular flexibility index (Phi) is 5.78. The fraction of sp³-hybridized carbons (Fsp3) is 0.529. The van der Waals surface area contributed by atoms with Crippen LogP contribution in [0.4, 0.5) is 0 Å². The second kappa shape index (κ2) is 7.86. The zero-order valence-corrected chi connectivity index (χ0v) is 11.5. The molecule has 0 radical (unpaired) electrons. The van der Waals surface area contributed by atoms with Gasteiger partial charge in [0.1, 0.15) is 12.4 Å². The highest BCUT2D eigenvalue weighted by Gasteiger charge is 2.12. The summed E-state index contributed by atoms with van der Waals surface area (Å²) < 4.78 is 5.55. The third-order valence-electron chi connectivity index (χ3n) is 3.76. The average Bonchev–Trinajstić information content (AvgIpc) is 2.47. The molecule has 0 unspecified atom stereocenters. The molecule has 1 aliphatic carbocycles. The minimum atomic E-state index is 0.333. The first-order valence-corrected chi connectivity index (χ1v) is 7.25. The van der Waals surface area contributed by atoms with Crippen LogP contribution in [0, 0.1) is 18.3 Å². The topological polar surface area (TPSA) is 21.3 Å². The Balaban J connectivity index is 1.79. The first kappa shape index (κ1) is 14.0. The summed E-state index contributed by atoms with van der Waals surface area (Å²) in [6.45, 7) is 2.31. The van der Waals surface area contributed by atoms with Gasteiger partial charge in [0.2, 0.25) is 0 Å². The van der Waals surface area contributed by atoms with Crippen LogP contribution in [-0.2, 0) is 6.54 Å². The van der Waals surface area contributed by atoms with Crippen molar-refractivity contribution in [2.75, 3.05) is 13.2 Å². The Morgan fingerprint density at radius 3 is 2.79 bits per heavy atom. The maximum Gasteiger partial charge on any atom is 0.148 e. The lowest BCUT2D eigenvalue weighted by atomic mass is 9.89. The van der Waals surface area contributed by atoms with E-state index in [0.717, 1.165) is 24.8 Å². The third-order valence-corrected chi connectivity index (χ3v) is 3.76. The van der Waals surface area contributed by atoms with Gasteiger partial charge in [0.15, 0.2) is 0 Å². The minimum absolute atomic E-state index is 0.333. The second-order valence-electron chi connectivity index (χ2n) is 5.24. The van der Waals surface area contributed by atoms with Crippen LogP contribution in [0.25, 0.3) is 0 Å². The molecule has 0 aliphatic heterocycles. The lowest BCUT2D eigenvalue weighted by Gasteiger charge is -2.22. The van der Waals surface area contributed by atoms with Gasteiger partial charge in [-0.3, -0.25) is 0 Å². The zero-order chi connectivity index (χ0) is 13.3. The summed E-state index contributed by atoms with van der Waals surface area (Å²) in [4.78, 5) is 0. The summed E-state index contributed by atoms with van der Waals surface area (Å²) in [6, 6.07) is 8.10. The second-order valence-corrected chi connectivity index (χ2v) is 5.24. The van der Waals surface area contributed by atoms with Crippen molar-refractivity contribution in [2.45, 2.75) is 38.6 Å². The molecular weight excluding hydrogens is 234 g/mol. The molecule has 102 valence electrons. The molecule has 1 fully saturated rings. The molecule has 19 heavy (non-hydrogen) atoms. The van der Waals surface area contributed by atoms with Crippen LogP contribution in [-0.4, -0.2) is 13.2 Å². The van der Waals surface area contributed by atoms with Gasteiger partial charge in [0, 0.05) is 12.1 Å². The van der Waals surface area contributed by atoms with Crippen molar-refractivity contribution in [3.05, 3.63) is 29.8 Å². The third kappa shape index (κ3) is 4.61. The van der Waals surface area contributed by atoms with E-state index in [-0.39, 0.29) is 0 Å². The molecule has 2 nitrogen and oxygen atoms in total. The van der Waals surface area contributed by atoms with E-state index in [2.05, 4.69) is 17.3 Å². The van der Waals surface area contributed by atoms with Crippen LogP contribution < -0.4 is 10.1 Å². The summed E-state index contributed by atoms with van der Waals surface area (Å²) in [5.74, 6) is 4.26. The predicted molar refractivity (Wildman–Crippen MR) is 79.1 cm³/mol. The summed E-state index contributed by atoms with van der Waals surface area (Å²) in [5, 5.41) is 3.56. The molecule has 1 aliphatic rings. The highest BCUT2D eigenvalue weighted by Crippen LogP contribution is 2.23. The lowest BCUT2D eigenvalue weighted by Crippen LogP contribution is -2.24. The molecular formula is C17H23NO. The Hall–Kier alpha value is -1.46. The van der Waals surface area contributed by atoms with Gasteiger partial charge in [-0.1, -0.05) is 43.4 Å². The van der Waals surface area contributed by atoms with Gasteiger partial charge in [-0.05, 0) is 31.4 Å². The summed E-state index contributed by atoms with van der Waals surface area (Å²) >= 11 is 0. The maximum absolute atomic E-state index is 5.55. The molecule has 0 spiro atoms. The van der Waals surface area contributed by atoms with Crippen molar-refractivity contribution >= 4 is 0 Å². The molecule has 2 rings (SSSR count). The van der Waals surface area contributed by atoms with Crippen LogP contribution in [0.5, 0.6) is 5.75 Å². The van der Waals surface area contributed by atoms with Crippen molar-refractivity contribution in [2.24, 2.45) is 5.92 Å².